The first-order chi connectivity index (χ1) is 8.70. The third-order valence-electron chi connectivity index (χ3n) is 3.07. The second kappa shape index (κ2) is 6.00. The van der Waals surface area contributed by atoms with Gasteiger partial charge in [-0.05, 0) is 6.92 Å². The van der Waals surface area contributed by atoms with Gasteiger partial charge in [-0.3, -0.25) is 4.79 Å². The molecule has 0 bridgehead atoms. The molecule has 0 aliphatic carbocycles. The molecule has 2 aliphatic rings. The van der Waals surface area contributed by atoms with Crippen LogP contribution in [0.2, 0.25) is 0 Å². The van der Waals surface area contributed by atoms with Crippen LogP contribution in [0, 0.1) is 5.92 Å². The molecule has 0 N–H and O–H groups in total. The second-order valence-corrected chi connectivity index (χ2v) is 4.50. The number of carbonyl (C=O) groups excluding carboxylic acids is 1. The SMILES string of the molecule is CCOC(=O)CC1=CC(C)C(N2CCOCC2)=N1. The van der Waals surface area contributed by atoms with E-state index in [-0.39, 0.29) is 18.3 Å². The van der Waals surface area contributed by atoms with Crippen LogP contribution in [0.3, 0.4) is 0 Å². The van der Waals surface area contributed by atoms with E-state index in [1.54, 1.807) is 0 Å². The molecule has 0 saturated carbocycles. The van der Waals surface area contributed by atoms with Crippen molar-refractivity contribution >= 4 is 11.8 Å². The molecule has 100 valence electrons. The third-order valence-corrected chi connectivity index (χ3v) is 3.07. The summed E-state index contributed by atoms with van der Waals surface area (Å²) in [5, 5.41) is 0. The third kappa shape index (κ3) is 3.10. The molecule has 0 spiro atoms. The van der Waals surface area contributed by atoms with E-state index in [1.807, 2.05) is 13.0 Å². The van der Waals surface area contributed by atoms with Crippen LogP contribution < -0.4 is 0 Å². The molecule has 1 saturated heterocycles. The van der Waals surface area contributed by atoms with Gasteiger partial charge in [-0.2, -0.15) is 0 Å². The lowest BCUT2D eigenvalue weighted by Crippen LogP contribution is -2.42. The van der Waals surface area contributed by atoms with Gasteiger partial charge >= 0.3 is 5.97 Å². The van der Waals surface area contributed by atoms with Crippen molar-refractivity contribution in [2.75, 3.05) is 32.9 Å². The summed E-state index contributed by atoms with van der Waals surface area (Å²) in [6.45, 7) is 7.59. The quantitative estimate of drug-likeness (QED) is 0.708. The Hall–Kier alpha value is -1.36. The number of esters is 1. The Kier molecular flexibility index (Phi) is 4.36. The maximum absolute atomic E-state index is 11.4. The first kappa shape index (κ1) is 13.1. The van der Waals surface area contributed by atoms with Crippen LogP contribution in [0.25, 0.3) is 0 Å². The molecule has 5 heteroatoms. The van der Waals surface area contributed by atoms with Gasteiger partial charge in [-0.15, -0.1) is 0 Å². The Balaban J connectivity index is 1.95. The topological polar surface area (TPSA) is 51.1 Å². The summed E-state index contributed by atoms with van der Waals surface area (Å²) in [6, 6.07) is 0. The fraction of sp³-hybridized carbons (Fsp3) is 0.692. The van der Waals surface area contributed by atoms with Gasteiger partial charge in [0.1, 0.15) is 5.84 Å². The fourth-order valence-corrected chi connectivity index (χ4v) is 2.26. The number of ether oxygens (including phenoxy) is 2. The number of carbonyl (C=O) groups is 1. The van der Waals surface area contributed by atoms with Gasteiger partial charge in [0.15, 0.2) is 0 Å². The molecule has 5 nitrogen and oxygen atoms in total. The predicted octanol–water partition coefficient (Wildman–Crippen LogP) is 1.20. The minimum Gasteiger partial charge on any atom is -0.466 e. The lowest BCUT2D eigenvalue weighted by Gasteiger charge is -2.30. The Bertz CT molecular complexity index is 370. The molecule has 2 heterocycles. The van der Waals surface area contributed by atoms with Crippen molar-refractivity contribution < 1.29 is 14.3 Å². The van der Waals surface area contributed by atoms with Gasteiger partial charge in [-0.25, -0.2) is 4.99 Å². The minimum atomic E-state index is -0.206. The summed E-state index contributed by atoms with van der Waals surface area (Å²) >= 11 is 0. The van der Waals surface area contributed by atoms with Crippen LogP contribution in [0.15, 0.2) is 16.8 Å². The van der Waals surface area contributed by atoms with E-state index in [2.05, 4.69) is 16.8 Å². The number of aliphatic imine (C=N–C) groups is 1. The lowest BCUT2D eigenvalue weighted by atomic mass is 10.1. The zero-order valence-electron chi connectivity index (χ0n) is 11.0. The van der Waals surface area contributed by atoms with Crippen molar-refractivity contribution in [3.63, 3.8) is 0 Å². The molecule has 0 aromatic heterocycles. The van der Waals surface area contributed by atoms with Gasteiger partial charge < -0.3 is 14.4 Å². The summed E-state index contributed by atoms with van der Waals surface area (Å²) in [7, 11) is 0. The molecular formula is C13H20N2O3. The maximum Gasteiger partial charge on any atom is 0.311 e. The number of amidine groups is 1. The van der Waals surface area contributed by atoms with Crippen molar-refractivity contribution in [1.29, 1.82) is 0 Å². The Morgan fingerprint density at radius 2 is 2.28 bits per heavy atom. The van der Waals surface area contributed by atoms with E-state index < -0.39 is 0 Å². The monoisotopic (exact) mass is 252 g/mol. The summed E-state index contributed by atoms with van der Waals surface area (Å²) < 4.78 is 10.3. The molecule has 0 amide bonds. The van der Waals surface area contributed by atoms with Gasteiger partial charge in [-0.1, -0.05) is 13.0 Å². The second-order valence-electron chi connectivity index (χ2n) is 4.50. The van der Waals surface area contributed by atoms with E-state index in [9.17, 15) is 4.79 Å². The van der Waals surface area contributed by atoms with Gasteiger partial charge in [0.05, 0.1) is 31.9 Å². The number of hydrogen-bond acceptors (Lipinski definition) is 5. The fourth-order valence-electron chi connectivity index (χ4n) is 2.26. The predicted molar refractivity (Wildman–Crippen MR) is 68.3 cm³/mol. The maximum atomic E-state index is 11.4. The number of hydrogen-bond donors (Lipinski definition) is 0. The van der Waals surface area contributed by atoms with Crippen molar-refractivity contribution in [2.45, 2.75) is 20.3 Å². The highest BCUT2D eigenvalue weighted by molar-refractivity contribution is 5.90. The number of rotatable bonds is 3. The van der Waals surface area contributed by atoms with Crippen LogP contribution in [0.1, 0.15) is 20.3 Å². The first-order valence-electron chi connectivity index (χ1n) is 6.48. The van der Waals surface area contributed by atoms with Crippen molar-refractivity contribution in [1.82, 2.24) is 4.90 Å². The Labute approximate surface area is 107 Å². The molecule has 0 radical (unpaired) electrons. The molecule has 1 atom stereocenters. The van der Waals surface area contributed by atoms with Crippen LogP contribution in [-0.4, -0.2) is 49.6 Å². The van der Waals surface area contributed by atoms with E-state index in [0.29, 0.717) is 6.61 Å². The zero-order chi connectivity index (χ0) is 13.0. The van der Waals surface area contributed by atoms with Crippen LogP contribution in [-0.2, 0) is 14.3 Å². The molecule has 0 aromatic carbocycles. The molecule has 18 heavy (non-hydrogen) atoms. The molecule has 2 rings (SSSR count). The minimum absolute atomic E-state index is 0.206. The summed E-state index contributed by atoms with van der Waals surface area (Å²) in [5.74, 6) is 1.12. The van der Waals surface area contributed by atoms with Crippen molar-refractivity contribution in [2.24, 2.45) is 10.9 Å². The van der Waals surface area contributed by atoms with E-state index >= 15 is 0 Å². The van der Waals surface area contributed by atoms with Crippen LogP contribution >= 0.6 is 0 Å². The van der Waals surface area contributed by atoms with Crippen LogP contribution in [0.5, 0.6) is 0 Å². The summed E-state index contributed by atoms with van der Waals surface area (Å²) in [4.78, 5) is 18.2. The first-order valence-corrected chi connectivity index (χ1v) is 6.48. The zero-order valence-corrected chi connectivity index (χ0v) is 11.0. The average molecular weight is 252 g/mol. The van der Waals surface area contributed by atoms with Gasteiger partial charge in [0, 0.05) is 19.0 Å². The van der Waals surface area contributed by atoms with Gasteiger partial charge in [0.25, 0.3) is 0 Å². The largest absolute Gasteiger partial charge is 0.466 e. The number of nitrogens with zero attached hydrogens (tertiary/aromatic N) is 2. The van der Waals surface area contributed by atoms with E-state index in [4.69, 9.17) is 9.47 Å². The average Bonchev–Trinajstić information content (AvgIpc) is 2.71. The van der Waals surface area contributed by atoms with Gasteiger partial charge in [0.2, 0.25) is 0 Å². The Morgan fingerprint density at radius 1 is 1.56 bits per heavy atom. The van der Waals surface area contributed by atoms with Crippen molar-refractivity contribution in [3.8, 4) is 0 Å². The highest BCUT2D eigenvalue weighted by atomic mass is 16.5. The van der Waals surface area contributed by atoms with E-state index in [0.717, 1.165) is 37.8 Å². The molecular weight excluding hydrogens is 232 g/mol. The summed E-state index contributed by atoms with van der Waals surface area (Å²) in [5.41, 5.74) is 0.822. The molecule has 1 fully saturated rings. The highest BCUT2D eigenvalue weighted by Crippen LogP contribution is 2.22. The summed E-state index contributed by atoms with van der Waals surface area (Å²) in [6.07, 6.45) is 2.31. The highest BCUT2D eigenvalue weighted by Gasteiger charge is 2.25. The van der Waals surface area contributed by atoms with Crippen LogP contribution in [0.4, 0.5) is 0 Å². The number of morpholine rings is 1. The molecule has 2 aliphatic heterocycles. The smallest absolute Gasteiger partial charge is 0.311 e. The van der Waals surface area contributed by atoms with E-state index in [1.165, 1.54) is 0 Å². The van der Waals surface area contributed by atoms with Crippen molar-refractivity contribution in [3.05, 3.63) is 11.8 Å². The molecule has 0 aromatic rings. The standard InChI is InChI=1S/C13H20N2O3/c1-3-18-12(16)9-11-8-10(2)13(14-11)15-4-6-17-7-5-15/h8,10H,3-7,9H2,1-2H3. The normalized spacial score (nSPS) is 23.7. The Morgan fingerprint density at radius 3 is 2.94 bits per heavy atom. The lowest BCUT2D eigenvalue weighted by molar-refractivity contribution is -0.142. The molecule has 1 unspecified atom stereocenters.